The van der Waals surface area contributed by atoms with E-state index in [-0.39, 0.29) is 30.4 Å². The van der Waals surface area contributed by atoms with Crippen molar-refractivity contribution in [3.8, 4) is 11.5 Å². The zero-order chi connectivity index (χ0) is 29.5. The normalized spacial score (nSPS) is 11.4. The van der Waals surface area contributed by atoms with Crippen LogP contribution in [0.25, 0.3) is 10.9 Å². The molecule has 0 atom stereocenters. The molecule has 0 unspecified atom stereocenters. The average molecular weight is 570 g/mol. The van der Waals surface area contributed by atoms with Crippen molar-refractivity contribution in [2.45, 2.75) is 32.7 Å². The number of aliphatic hydroxyl groups is 1. The van der Waals surface area contributed by atoms with Crippen molar-refractivity contribution in [3.05, 3.63) is 60.1 Å². The predicted octanol–water partition coefficient (Wildman–Crippen LogP) is 3.61. The molecule has 41 heavy (non-hydrogen) atoms. The Balaban J connectivity index is 1.72. The highest BCUT2D eigenvalue weighted by Gasteiger charge is 2.25. The number of benzene rings is 2. The Kier molecular flexibility index (Phi) is 9.63. The lowest BCUT2D eigenvalue weighted by molar-refractivity contribution is -0.117. The molecule has 4 rings (SSSR count). The highest BCUT2D eigenvalue weighted by atomic mass is 19.2. The Labute approximate surface area is 235 Å². The van der Waals surface area contributed by atoms with Gasteiger partial charge in [0.25, 0.3) is 0 Å². The Morgan fingerprint density at radius 2 is 1.95 bits per heavy atom. The van der Waals surface area contributed by atoms with Crippen molar-refractivity contribution >= 4 is 34.1 Å². The Hall–Kier alpha value is -4.36. The van der Waals surface area contributed by atoms with E-state index in [1.807, 2.05) is 0 Å². The molecule has 2 aromatic carbocycles. The number of primary amides is 1. The molecule has 218 valence electrons. The van der Waals surface area contributed by atoms with Gasteiger partial charge in [-0.3, -0.25) is 19.7 Å². The minimum Gasteiger partial charge on any atom is -0.493 e. The Morgan fingerprint density at radius 1 is 1.15 bits per heavy atom. The topological polar surface area (TPSA) is 143 Å². The van der Waals surface area contributed by atoms with Gasteiger partial charge in [-0.25, -0.2) is 18.7 Å². The molecular formula is C28H33F2N7O4. The molecule has 2 heterocycles. The van der Waals surface area contributed by atoms with Crippen molar-refractivity contribution in [2.24, 2.45) is 5.73 Å². The van der Waals surface area contributed by atoms with Crippen molar-refractivity contribution < 1.29 is 28.2 Å². The van der Waals surface area contributed by atoms with Gasteiger partial charge >= 0.3 is 0 Å². The largest absolute Gasteiger partial charge is 0.493 e. The summed E-state index contributed by atoms with van der Waals surface area (Å²) in [5.41, 5.74) is 6.01. The van der Waals surface area contributed by atoms with Crippen LogP contribution in [0, 0.1) is 11.6 Å². The lowest BCUT2D eigenvalue weighted by Crippen LogP contribution is -2.34. The third-order valence-corrected chi connectivity index (χ3v) is 6.46. The third-order valence-electron chi connectivity index (χ3n) is 6.46. The van der Waals surface area contributed by atoms with E-state index in [4.69, 9.17) is 15.2 Å². The quantitative estimate of drug-likeness (QED) is 0.194. The zero-order valence-electron chi connectivity index (χ0n) is 23.1. The lowest BCUT2D eigenvalue weighted by atomic mass is 10.1. The van der Waals surface area contributed by atoms with Gasteiger partial charge in [0, 0.05) is 42.3 Å². The molecule has 0 aliphatic rings. The maximum absolute atomic E-state index is 15.1. The molecule has 4 aromatic rings. The number of hydrogen-bond acceptors (Lipinski definition) is 9. The van der Waals surface area contributed by atoms with E-state index in [0.29, 0.717) is 53.7 Å². The van der Waals surface area contributed by atoms with Gasteiger partial charge in [-0.05, 0) is 38.5 Å². The monoisotopic (exact) mass is 569 g/mol. The average Bonchev–Trinajstić information content (AvgIpc) is 3.39. The lowest BCUT2D eigenvalue weighted by Gasteiger charge is -2.25. The summed E-state index contributed by atoms with van der Waals surface area (Å²) in [5, 5.41) is 16.7. The first kappa shape index (κ1) is 29.6. The summed E-state index contributed by atoms with van der Waals surface area (Å²) < 4.78 is 41.1. The molecular weight excluding hydrogens is 536 g/mol. The van der Waals surface area contributed by atoms with Crippen LogP contribution in [0.15, 0.2) is 42.7 Å². The molecule has 2 aromatic heterocycles. The highest BCUT2D eigenvalue weighted by molar-refractivity contribution is 5.96. The minimum absolute atomic E-state index is 0.0842. The number of aliphatic hydroxyl groups excluding tert-OH is 1. The van der Waals surface area contributed by atoms with Crippen LogP contribution in [0.1, 0.15) is 26.0 Å². The molecule has 11 nitrogen and oxygen atoms in total. The Morgan fingerprint density at radius 3 is 2.66 bits per heavy atom. The second-order valence-corrected chi connectivity index (χ2v) is 9.58. The molecule has 0 fully saturated rings. The second kappa shape index (κ2) is 13.3. The van der Waals surface area contributed by atoms with Crippen molar-refractivity contribution in [3.63, 3.8) is 0 Å². The first-order valence-electron chi connectivity index (χ1n) is 13.1. The number of ether oxygens (including phenoxy) is 2. The summed E-state index contributed by atoms with van der Waals surface area (Å²) in [7, 11) is 1.49. The fraction of sp³-hybridized carbons (Fsp3) is 0.357. The van der Waals surface area contributed by atoms with Crippen molar-refractivity contribution in [1.29, 1.82) is 0 Å². The number of aromatic amines is 1. The molecule has 0 aliphatic carbocycles. The van der Waals surface area contributed by atoms with Crippen molar-refractivity contribution in [1.82, 2.24) is 25.1 Å². The molecule has 4 N–H and O–H groups in total. The standard InChI is InChI=1S/C28H33F2N7O4/c1-17(2)36(9-10-38)8-5-11-41-24-15-21-19(14-23(24)40-3)28(33-16-32-21)37(22-7-4-6-20(29)27(22)30)26-13-18(34-35-26)12-25(31)39/h4,6-7,13-17,38H,5,8-12H2,1-3H3,(H2,31,39)(H,34,35). The molecule has 0 saturated heterocycles. The number of fused-ring (bicyclic) bond motifs is 1. The van der Waals surface area contributed by atoms with E-state index in [2.05, 4.69) is 38.9 Å². The number of methoxy groups -OCH3 is 1. The summed E-state index contributed by atoms with van der Waals surface area (Å²) in [6.45, 7) is 5.95. The van der Waals surface area contributed by atoms with Crippen LogP contribution < -0.4 is 20.1 Å². The van der Waals surface area contributed by atoms with E-state index in [0.717, 1.165) is 12.6 Å². The van der Waals surface area contributed by atoms with E-state index in [9.17, 15) is 14.3 Å². The van der Waals surface area contributed by atoms with Gasteiger partial charge in [-0.1, -0.05) is 6.07 Å². The SMILES string of the molecule is COc1cc2c(N(c3cc(CC(N)=O)[nH]n3)c3cccc(F)c3F)ncnc2cc1OCCCN(CCO)C(C)C. The molecule has 13 heteroatoms. The molecule has 0 spiro atoms. The van der Waals surface area contributed by atoms with E-state index < -0.39 is 17.5 Å². The fourth-order valence-corrected chi connectivity index (χ4v) is 4.46. The van der Waals surface area contributed by atoms with Crippen LogP contribution in [0.5, 0.6) is 11.5 Å². The van der Waals surface area contributed by atoms with E-state index in [1.165, 1.54) is 36.5 Å². The van der Waals surface area contributed by atoms with Crippen molar-refractivity contribution in [2.75, 3.05) is 38.3 Å². The van der Waals surface area contributed by atoms with Gasteiger partial charge < -0.3 is 20.3 Å². The Bertz CT molecular complexity index is 1500. The van der Waals surface area contributed by atoms with Crippen LogP contribution in [0.2, 0.25) is 0 Å². The molecule has 0 bridgehead atoms. The number of nitrogens with zero attached hydrogens (tertiary/aromatic N) is 5. The molecule has 0 saturated carbocycles. The third kappa shape index (κ3) is 6.87. The van der Waals surface area contributed by atoms with Crippen LogP contribution in [0.3, 0.4) is 0 Å². The first-order valence-corrected chi connectivity index (χ1v) is 13.1. The number of anilines is 3. The summed E-state index contributed by atoms with van der Waals surface area (Å²) in [6, 6.07) is 8.92. The van der Waals surface area contributed by atoms with E-state index in [1.54, 1.807) is 12.1 Å². The van der Waals surface area contributed by atoms with Gasteiger partial charge in [-0.15, -0.1) is 0 Å². The molecule has 0 aliphatic heterocycles. The van der Waals surface area contributed by atoms with Crippen LogP contribution in [0.4, 0.5) is 26.1 Å². The smallest absolute Gasteiger partial charge is 0.223 e. The van der Waals surface area contributed by atoms with Gasteiger partial charge in [-0.2, -0.15) is 5.10 Å². The summed E-state index contributed by atoms with van der Waals surface area (Å²) in [5.74, 6) is -1.56. The van der Waals surface area contributed by atoms with Gasteiger partial charge in [0.05, 0.1) is 37.9 Å². The number of aromatic nitrogens is 4. The first-order chi connectivity index (χ1) is 19.7. The van der Waals surface area contributed by atoms with Crippen LogP contribution in [-0.4, -0.2) is 75.5 Å². The number of amides is 1. The number of carbonyl (C=O) groups excluding carboxylic acids is 1. The fourth-order valence-electron chi connectivity index (χ4n) is 4.46. The van der Waals surface area contributed by atoms with Crippen LogP contribution >= 0.6 is 0 Å². The number of H-pyrrole nitrogens is 1. The highest BCUT2D eigenvalue weighted by Crippen LogP contribution is 2.41. The summed E-state index contributed by atoms with van der Waals surface area (Å²) in [4.78, 5) is 23.7. The maximum Gasteiger partial charge on any atom is 0.223 e. The second-order valence-electron chi connectivity index (χ2n) is 9.58. The van der Waals surface area contributed by atoms with Gasteiger partial charge in [0.15, 0.2) is 29.0 Å². The number of carbonyl (C=O) groups is 1. The van der Waals surface area contributed by atoms with Gasteiger partial charge in [0.1, 0.15) is 12.1 Å². The minimum atomic E-state index is -1.11. The number of nitrogens with two attached hydrogens (primary N) is 1. The number of rotatable bonds is 14. The molecule has 1 amide bonds. The summed E-state index contributed by atoms with van der Waals surface area (Å²) >= 11 is 0. The number of hydrogen-bond donors (Lipinski definition) is 3. The maximum atomic E-state index is 15.1. The number of halogens is 2. The van der Waals surface area contributed by atoms with Gasteiger partial charge in [0.2, 0.25) is 5.91 Å². The molecule has 0 radical (unpaired) electrons. The zero-order valence-corrected chi connectivity index (χ0v) is 23.1. The van der Waals surface area contributed by atoms with Crippen LogP contribution in [-0.2, 0) is 11.2 Å². The summed E-state index contributed by atoms with van der Waals surface area (Å²) in [6.07, 6.45) is 1.89. The van der Waals surface area contributed by atoms with E-state index >= 15 is 4.39 Å². The predicted molar refractivity (Wildman–Crippen MR) is 150 cm³/mol. The number of nitrogens with one attached hydrogen (secondary N) is 1.